The Morgan fingerprint density at radius 2 is 1.67 bits per heavy atom. The Balaban J connectivity index is 0.00000361. The van der Waals surface area contributed by atoms with Crippen LogP contribution >= 0.6 is 0 Å². The monoisotopic (exact) mass is 564 g/mol. The molecule has 192 valence electrons. The van der Waals surface area contributed by atoms with Gasteiger partial charge >= 0.3 is 24.1 Å². The second kappa shape index (κ2) is 10.7. The van der Waals surface area contributed by atoms with Crippen LogP contribution in [0, 0.1) is 0 Å². The number of fused-ring (bicyclic) bond motifs is 1. The van der Waals surface area contributed by atoms with E-state index in [2.05, 4.69) is 5.32 Å². The first-order valence-electron chi connectivity index (χ1n) is 10.9. The number of rotatable bonds is 6. The van der Waals surface area contributed by atoms with Crippen LogP contribution in [-0.2, 0) is 39.1 Å². The molecular formula is C24H25BrN2O9. The zero-order valence-corrected chi connectivity index (χ0v) is 21.3. The Bertz CT molecular complexity index is 1180. The van der Waals surface area contributed by atoms with E-state index in [0.29, 0.717) is 11.1 Å². The smallest absolute Gasteiger partial charge is 0.304 e. The summed E-state index contributed by atoms with van der Waals surface area (Å²) in [6, 6.07) is 10.2. The first-order valence-corrected chi connectivity index (χ1v) is 10.9. The van der Waals surface area contributed by atoms with E-state index in [4.69, 9.17) is 18.9 Å². The minimum absolute atomic E-state index is 0. The fourth-order valence-corrected chi connectivity index (χ4v) is 4.31. The van der Waals surface area contributed by atoms with Crippen molar-refractivity contribution in [2.75, 3.05) is 6.61 Å². The summed E-state index contributed by atoms with van der Waals surface area (Å²) >= 11 is 0. The number of carbonyl (C=O) groups is 4. The Kier molecular flexibility index (Phi) is 8.12. The van der Waals surface area contributed by atoms with Crippen molar-refractivity contribution in [3.8, 4) is 0 Å². The second-order valence-electron chi connectivity index (χ2n) is 8.27. The Morgan fingerprint density at radius 3 is 2.28 bits per heavy atom. The molecule has 2 N–H and O–H groups in total. The van der Waals surface area contributed by atoms with Crippen molar-refractivity contribution < 1.29 is 64.8 Å². The van der Waals surface area contributed by atoms with E-state index in [1.807, 2.05) is 0 Å². The highest BCUT2D eigenvalue weighted by molar-refractivity contribution is 5.99. The van der Waals surface area contributed by atoms with Gasteiger partial charge in [-0.05, 0) is 0 Å². The van der Waals surface area contributed by atoms with Gasteiger partial charge in [0.25, 0.3) is 5.91 Å². The molecule has 0 bridgehead atoms. The molecule has 0 aliphatic carbocycles. The number of pyridine rings is 1. The van der Waals surface area contributed by atoms with Crippen molar-refractivity contribution >= 4 is 23.8 Å². The standard InChI is InChI=1S/C24H24N2O9.BrH/c1-13(27)32-12-19-20(33-14(2)28)21(34-15(3)29)23(35-19)26-10-9-18-17(11-26)22(30)25-24(18,31)16-7-5-4-6-8-16;/h4-11,19-21,23,31H,12H2,1-3H3;1H/t19-,20-,21-,23-,24?;/m1./s1. The van der Waals surface area contributed by atoms with Crippen molar-refractivity contribution in [2.45, 2.75) is 51.0 Å². The molecule has 2 aliphatic rings. The summed E-state index contributed by atoms with van der Waals surface area (Å²) in [4.78, 5) is 47.7. The summed E-state index contributed by atoms with van der Waals surface area (Å²) in [6.45, 7) is 3.36. The van der Waals surface area contributed by atoms with Crippen molar-refractivity contribution in [3.05, 3.63) is 65.5 Å². The SMILES string of the molecule is CC(=O)OC[C@H]1O[C@@H]([n+]2ccc3c(c2)C(=O)NC3(O)c2ccccc2)[C@H](OC(C)=O)[C@@H]1OC(C)=O.[Br-]. The molecule has 0 saturated carbocycles. The van der Waals surface area contributed by atoms with Gasteiger partial charge in [-0.2, -0.15) is 4.57 Å². The molecule has 5 atom stereocenters. The normalized spacial score (nSPS) is 26.3. The maximum atomic E-state index is 12.8. The molecule has 4 rings (SSSR count). The van der Waals surface area contributed by atoms with Crippen LogP contribution in [0.1, 0.15) is 48.5 Å². The molecule has 36 heavy (non-hydrogen) atoms. The quantitative estimate of drug-likeness (QED) is 0.217. The molecule has 0 radical (unpaired) electrons. The maximum Gasteiger partial charge on any atom is 0.304 e. The number of carbonyl (C=O) groups excluding carboxylic acids is 4. The van der Waals surface area contributed by atoms with Crippen LogP contribution in [-0.4, -0.2) is 53.8 Å². The number of nitrogens with zero attached hydrogens (tertiary/aromatic N) is 1. The molecular weight excluding hydrogens is 540 g/mol. The first kappa shape index (κ1) is 27.2. The Labute approximate surface area is 217 Å². The Morgan fingerprint density at radius 1 is 1.03 bits per heavy atom. The van der Waals surface area contributed by atoms with Crippen LogP contribution in [0.25, 0.3) is 0 Å². The summed E-state index contributed by atoms with van der Waals surface area (Å²) in [5.41, 5.74) is -0.732. The van der Waals surface area contributed by atoms with E-state index in [1.165, 1.54) is 31.5 Å². The molecule has 3 heterocycles. The molecule has 1 saturated heterocycles. The number of halogens is 1. The average Bonchev–Trinajstić information content (AvgIpc) is 3.26. The maximum absolute atomic E-state index is 12.8. The number of amides is 1. The van der Waals surface area contributed by atoms with E-state index in [1.54, 1.807) is 42.6 Å². The number of aliphatic hydroxyl groups is 1. The highest BCUT2D eigenvalue weighted by Crippen LogP contribution is 2.36. The lowest BCUT2D eigenvalue weighted by atomic mass is 9.95. The number of hydrogen-bond acceptors (Lipinski definition) is 9. The number of aromatic nitrogens is 1. The van der Waals surface area contributed by atoms with Gasteiger partial charge in [0, 0.05) is 38.0 Å². The van der Waals surface area contributed by atoms with Gasteiger partial charge in [-0.25, -0.2) is 0 Å². The van der Waals surface area contributed by atoms with Crippen molar-refractivity contribution in [3.63, 3.8) is 0 Å². The fourth-order valence-electron chi connectivity index (χ4n) is 4.31. The van der Waals surface area contributed by atoms with Crippen LogP contribution in [0.15, 0.2) is 48.8 Å². The predicted octanol–water partition coefficient (Wildman–Crippen LogP) is -2.76. The fraction of sp³-hybridized carbons (Fsp3) is 0.375. The molecule has 1 amide bonds. The largest absolute Gasteiger partial charge is 1.00 e. The first-order chi connectivity index (χ1) is 16.6. The predicted molar refractivity (Wildman–Crippen MR) is 115 cm³/mol. The molecule has 2 aliphatic heterocycles. The third-order valence-electron chi connectivity index (χ3n) is 5.74. The van der Waals surface area contributed by atoms with Gasteiger partial charge in [-0.15, -0.1) is 0 Å². The van der Waals surface area contributed by atoms with Gasteiger partial charge < -0.3 is 46.4 Å². The van der Waals surface area contributed by atoms with Crippen LogP contribution in [0.4, 0.5) is 0 Å². The van der Waals surface area contributed by atoms with E-state index in [9.17, 15) is 24.3 Å². The molecule has 1 aromatic carbocycles. The van der Waals surface area contributed by atoms with Gasteiger partial charge in [0.05, 0.1) is 0 Å². The number of nitrogens with one attached hydrogen (secondary N) is 1. The van der Waals surface area contributed by atoms with E-state index in [-0.39, 0.29) is 29.2 Å². The average molecular weight is 565 g/mol. The van der Waals surface area contributed by atoms with Gasteiger partial charge in [-0.1, -0.05) is 30.3 Å². The summed E-state index contributed by atoms with van der Waals surface area (Å²) in [6.07, 6.45) is -1.13. The lowest BCUT2D eigenvalue weighted by molar-refractivity contribution is -0.765. The number of benzene rings is 1. The van der Waals surface area contributed by atoms with Crippen molar-refractivity contribution in [1.82, 2.24) is 5.32 Å². The van der Waals surface area contributed by atoms with Gasteiger partial charge in [0.15, 0.2) is 24.2 Å². The summed E-state index contributed by atoms with van der Waals surface area (Å²) in [5.74, 6) is -2.37. The lowest BCUT2D eigenvalue weighted by Crippen LogP contribution is -3.00. The van der Waals surface area contributed by atoms with Gasteiger partial charge in [-0.3, -0.25) is 19.2 Å². The highest BCUT2D eigenvalue weighted by Gasteiger charge is 2.55. The summed E-state index contributed by atoms with van der Waals surface area (Å²) < 4.78 is 23.3. The van der Waals surface area contributed by atoms with Gasteiger partial charge in [0.2, 0.25) is 6.10 Å². The molecule has 11 nitrogen and oxygen atoms in total. The molecule has 1 fully saturated rings. The minimum Gasteiger partial charge on any atom is -1.00 e. The topological polar surface area (TPSA) is 141 Å². The third kappa shape index (κ3) is 5.25. The molecule has 1 unspecified atom stereocenters. The molecule has 12 heteroatoms. The summed E-state index contributed by atoms with van der Waals surface area (Å²) in [7, 11) is 0. The summed E-state index contributed by atoms with van der Waals surface area (Å²) in [5, 5.41) is 13.9. The van der Waals surface area contributed by atoms with Gasteiger partial charge in [0.1, 0.15) is 18.3 Å². The van der Waals surface area contributed by atoms with Crippen LogP contribution in [0.3, 0.4) is 0 Å². The minimum atomic E-state index is -1.73. The number of hydrogen-bond donors (Lipinski definition) is 2. The number of ether oxygens (including phenoxy) is 4. The Hall–Kier alpha value is -3.35. The highest BCUT2D eigenvalue weighted by atomic mass is 79.9. The second-order valence-corrected chi connectivity index (χ2v) is 8.27. The lowest BCUT2D eigenvalue weighted by Gasteiger charge is -2.24. The molecule has 2 aromatic rings. The zero-order chi connectivity index (χ0) is 25.3. The van der Waals surface area contributed by atoms with Crippen molar-refractivity contribution in [2.24, 2.45) is 0 Å². The van der Waals surface area contributed by atoms with Crippen LogP contribution in [0.5, 0.6) is 0 Å². The van der Waals surface area contributed by atoms with E-state index in [0.717, 1.165) is 0 Å². The molecule has 1 aromatic heterocycles. The zero-order valence-electron chi connectivity index (χ0n) is 19.7. The third-order valence-corrected chi connectivity index (χ3v) is 5.74. The van der Waals surface area contributed by atoms with E-state index < -0.39 is 54.1 Å². The van der Waals surface area contributed by atoms with Crippen molar-refractivity contribution in [1.29, 1.82) is 0 Å². The molecule has 0 spiro atoms. The number of esters is 3. The van der Waals surface area contributed by atoms with Crippen LogP contribution in [0.2, 0.25) is 0 Å². The van der Waals surface area contributed by atoms with E-state index >= 15 is 0 Å². The van der Waals surface area contributed by atoms with Crippen LogP contribution < -0.4 is 26.9 Å².